The standard InChI is InChI=1S/C15H19N3O/c1-15(2,3)10-5-6-17-12(7-10)13-8-11(19-4)9-14(16)18-13/h5-9H,1-4H3,(H2,16,18). The average Bonchev–Trinajstić information content (AvgIpc) is 2.37. The maximum atomic E-state index is 5.78. The Bertz CT molecular complexity index is 588. The minimum atomic E-state index is 0.0715. The number of nitrogens with two attached hydrogens (primary N) is 1. The Morgan fingerprint density at radius 2 is 1.84 bits per heavy atom. The molecule has 0 aliphatic carbocycles. The van der Waals surface area contributed by atoms with Crippen molar-refractivity contribution in [2.24, 2.45) is 0 Å². The van der Waals surface area contributed by atoms with E-state index >= 15 is 0 Å². The third-order valence-electron chi connectivity index (χ3n) is 2.94. The predicted octanol–water partition coefficient (Wildman–Crippen LogP) is 3.03. The number of methoxy groups -OCH3 is 1. The number of pyridine rings is 2. The molecule has 0 amide bonds. The van der Waals surface area contributed by atoms with Crippen LogP contribution < -0.4 is 10.5 Å². The van der Waals surface area contributed by atoms with Crippen LogP contribution in [0.5, 0.6) is 5.75 Å². The molecule has 0 saturated carbocycles. The van der Waals surface area contributed by atoms with Gasteiger partial charge < -0.3 is 10.5 Å². The summed E-state index contributed by atoms with van der Waals surface area (Å²) in [6.07, 6.45) is 1.80. The molecule has 4 nitrogen and oxygen atoms in total. The van der Waals surface area contributed by atoms with Crippen LogP contribution in [0.1, 0.15) is 26.3 Å². The van der Waals surface area contributed by atoms with Gasteiger partial charge in [-0.3, -0.25) is 4.98 Å². The quantitative estimate of drug-likeness (QED) is 0.898. The van der Waals surface area contributed by atoms with Crippen molar-refractivity contribution in [2.75, 3.05) is 12.8 Å². The minimum absolute atomic E-state index is 0.0715. The van der Waals surface area contributed by atoms with Crippen LogP contribution in [0, 0.1) is 0 Å². The van der Waals surface area contributed by atoms with E-state index in [1.165, 1.54) is 5.56 Å². The van der Waals surface area contributed by atoms with E-state index in [0.29, 0.717) is 11.6 Å². The highest BCUT2D eigenvalue weighted by molar-refractivity contribution is 5.60. The zero-order valence-electron chi connectivity index (χ0n) is 11.8. The molecule has 0 spiro atoms. The van der Waals surface area contributed by atoms with Crippen LogP contribution in [0.4, 0.5) is 5.82 Å². The zero-order valence-corrected chi connectivity index (χ0v) is 11.8. The van der Waals surface area contributed by atoms with E-state index in [1.807, 2.05) is 18.2 Å². The van der Waals surface area contributed by atoms with E-state index in [9.17, 15) is 0 Å². The first-order valence-corrected chi connectivity index (χ1v) is 6.18. The number of rotatable bonds is 2. The minimum Gasteiger partial charge on any atom is -0.497 e. The Labute approximate surface area is 113 Å². The summed E-state index contributed by atoms with van der Waals surface area (Å²) >= 11 is 0. The molecule has 0 unspecified atom stereocenters. The van der Waals surface area contributed by atoms with E-state index in [0.717, 1.165) is 11.4 Å². The monoisotopic (exact) mass is 257 g/mol. The van der Waals surface area contributed by atoms with Gasteiger partial charge in [-0.25, -0.2) is 4.98 Å². The van der Waals surface area contributed by atoms with E-state index in [-0.39, 0.29) is 5.41 Å². The molecule has 2 heterocycles. The van der Waals surface area contributed by atoms with Crippen molar-refractivity contribution in [1.29, 1.82) is 0 Å². The summed E-state index contributed by atoms with van der Waals surface area (Å²) in [5.41, 5.74) is 8.59. The van der Waals surface area contributed by atoms with Gasteiger partial charge in [0, 0.05) is 18.3 Å². The normalized spacial score (nSPS) is 11.4. The maximum Gasteiger partial charge on any atom is 0.127 e. The fourth-order valence-corrected chi connectivity index (χ4v) is 1.81. The molecule has 0 aliphatic rings. The molecule has 0 saturated heterocycles. The van der Waals surface area contributed by atoms with Crippen LogP contribution in [0.15, 0.2) is 30.5 Å². The molecule has 2 rings (SSSR count). The number of ether oxygens (including phenoxy) is 1. The summed E-state index contributed by atoms with van der Waals surface area (Å²) in [4.78, 5) is 8.68. The third-order valence-corrected chi connectivity index (χ3v) is 2.94. The van der Waals surface area contributed by atoms with Crippen LogP contribution >= 0.6 is 0 Å². The Morgan fingerprint density at radius 3 is 2.47 bits per heavy atom. The second-order valence-corrected chi connectivity index (χ2v) is 5.50. The second-order valence-electron chi connectivity index (χ2n) is 5.50. The van der Waals surface area contributed by atoms with Gasteiger partial charge in [0.05, 0.1) is 18.5 Å². The molecule has 0 aromatic carbocycles. The van der Waals surface area contributed by atoms with E-state index < -0.39 is 0 Å². The maximum absolute atomic E-state index is 5.78. The van der Waals surface area contributed by atoms with Crippen molar-refractivity contribution in [3.8, 4) is 17.1 Å². The van der Waals surface area contributed by atoms with E-state index in [1.54, 1.807) is 19.4 Å². The number of aromatic nitrogens is 2. The summed E-state index contributed by atoms with van der Waals surface area (Å²) in [6.45, 7) is 6.50. The molecule has 2 aromatic heterocycles. The molecule has 0 bridgehead atoms. The fourth-order valence-electron chi connectivity index (χ4n) is 1.81. The topological polar surface area (TPSA) is 61.0 Å². The summed E-state index contributed by atoms with van der Waals surface area (Å²) in [5, 5.41) is 0. The van der Waals surface area contributed by atoms with Gasteiger partial charge in [-0.15, -0.1) is 0 Å². The first-order chi connectivity index (χ1) is 8.90. The van der Waals surface area contributed by atoms with Crippen molar-refractivity contribution >= 4 is 5.82 Å². The van der Waals surface area contributed by atoms with Crippen molar-refractivity contribution in [3.63, 3.8) is 0 Å². The molecule has 100 valence electrons. The molecule has 2 N–H and O–H groups in total. The van der Waals surface area contributed by atoms with Crippen molar-refractivity contribution < 1.29 is 4.74 Å². The summed E-state index contributed by atoms with van der Waals surface area (Å²) in [6, 6.07) is 7.59. The molecule has 2 aromatic rings. The number of hydrogen-bond donors (Lipinski definition) is 1. The first kappa shape index (κ1) is 13.3. The fraction of sp³-hybridized carbons (Fsp3) is 0.333. The molecular weight excluding hydrogens is 238 g/mol. The molecular formula is C15H19N3O. The van der Waals surface area contributed by atoms with Gasteiger partial charge in [0.1, 0.15) is 11.6 Å². The Balaban J connectivity index is 2.50. The molecule has 19 heavy (non-hydrogen) atoms. The van der Waals surface area contributed by atoms with E-state index in [2.05, 4.69) is 30.7 Å². The summed E-state index contributed by atoms with van der Waals surface area (Å²) in [7, 11) is 1.61. The van der Waals surface area contributed by atoms with Crippen LogP contribution in [-0.2, 0) is 5.41 Å². The van der Waals surface area contributed by atoms with Crippen molar-refractivity contribution in [1.82, 2.24) is 9.97 Å². The van der Waals surface area contributed by atoms with Gasteiger partial charge in [0.25, 0.3) is 0 Å². The van der Waals surface area contributed by atoms with E-state index in [4.69, 9.17) is 10.5 Å². The molecule has 0 atom stereocenters. The highest BCUT2D eigenvalue weighted by Crippen LogP contribution is 2.27. The zero-order chi connectivity index (χ0) is 14.0. The molecule has 4 heteroatoms. The third kappa shape index (κ3) is 3.02. The smallest absolute Gasteiger partial charge is 0.127 e. The van der Waals surface area contributed by atoms with Crippen LogP contribution in [-0.4, -0.2) is 17.1 Å². The lowest BCUT2D eigenvalue weighted by Gasteiger charge is -2.19. The lowest BCUT2D eigenvalue weighted by molar-refractivity contribution is 0.415. The van der Waals surface area contributed by atoms with Crippen LogP contribution in [0.3, 0.4) is 0 Å². The number of nitrogens with zero attached hydrogens (tertiary/aromatic N) is 2. The second kappa shape index (κ2) is 4.88. The highest BCUT2D eigenvalue weighted by Gasteiger charge is 2.15. The first-order valence-electron chi connectivity index (χ1n) is 6.18. The van der Waals surface area contributed by atoms with Crippen LogP contribution in [0.2, 0.25) is 0 Å². The van der Waals surface area contributed by atoms with Gasteiger partial charge in [0.2, 0.25) is 0 Å². The molecule has 0 aliphatic heterocycles. The van der Waals surface area contributed by atoms with Gasteiger partial charge in [-0.2, -0.15) is 0 Å². The lowest BCUT2D eigenvalue weighted by Crippen LogP contribution is -2.11. The van der Waals surface area contributed by atoms with Crippen LogP contribution in [0.25, 0.3) is 11.4 Å². The molecule has 0 fully saturated rings. The summed E-state index contributed by atoms with van der Waals surface area (Å²) in [5.74, 6) is 1.11. The largest absolute Gasteiger partial charge is 0.497 e. The van der Waals surface area contributed by atoms with Gasteiger partial charge in [-0.05, 0) is 23.1 Å². The summed E-state index contributed by atoms with van der Waals surface area (Å²) < 4.78 is 5.21. The van der Waals surface area contributed by atoms with Gasteiger partial charge >= 0.3 is 0 Å². The average molecular weight is 257 g/mol. The highest BCUT2D eigenvalue weighted by atomic mass is 16.5. The number of hydrogen-bond acceptors (Lipinski definition) is 4. The SMILES string of the molecule is COc1cc(N)nc(-c2cc(C(C)(C)C)ccn2)c1. The van der Waals surface area contributed by atoms with Gasteiger partial charge in [-0.1, -0.05) is 20.8 Å². The van der Waals surface area contributed by atoms with Crippen molar-refractivity contribution in [3.05, 3.63) is 36.0 Å². The molecule has 0 radical (unpaired) electrons. The Hall–Kier alpha value is -2.10. The number of anilines is 1. The van der Waals surface area contributed by atoms with Crippen molar-refractivity contribution in [2.45, 2.75) is 26.2 Å². The lowest BCUT2D eigenvalue weighted by atomic mass is 9.87. The predicted molar refractivity (Wildman–Crippen MR) is 77.1 cm³/mol. The Morgan fingerprint density at radius 1 is 1.11 bits per heavy atom. The Kier molecular flexibility index (Phi) is 3.42. The number of nitrogen functional groups attached to an aromatic ring is 1. The van der Waals surface area contributed by atoms with Gasteiger partial charge in [0.15, 0.2) is 0 Å².